The molecule has 1 radical (unpaired) electrons. The van der Waals surface area contributed by atoms with E-state index in [-0.39, 0.29) is 0 Å². The van der Waals surface area contributed by atoms with E-state index in [9.17, 15) is 0 Å². The van der Waals surface area contributed by atoms with E-state index in [0.29, 0.717) is 0 Å². The van der Waals surface area contributed by atoms with E-state index in [1.54, 1.807) is 0 Å². The zero-order valence-corrected chi connectivity index (χ0v) is 15.1. The third-order valence-corrected chi connectivity index (χ3v) is 4.19. The van der Waals surface area contributed by atoms with Crippen LogP contribution in [0.3, 0.4) is 0 Å². The molecule has 1 heterocycles. The Labute approximate surface area is 138 Å². The molecule has 0 aromatic carbocycles. The molecule has 0 aliphatic carbocycles. The Morgan fingerprint density at radius 1 is 0.682 bits per heavy atom. The van der Waals surface area contributed by atoms with Crippen LogP contribution in [0.2, 0.25) is 0 Å². The molecule has 0 amide bonds. The minimum absolute atomic E-state index is 0.968. The molecular formula is C20H35N2. The Kier molecular flexibility index (Phi) is 10.1. The molecule has 1 aromatic heterocycles. The van der Waals surface area contributed by atoms with E-state index in [0.717, 1.165) is 44.3 Å². The lowest BCUT2D eigenvalue weighted by molar-refractivity contribution is 0.676. The molecule has 22 heavy (non-hydrogen) atoms. The van der Waals surface area contributed by atoms with Gasteiger partial charge in [0.25, 0.3) is 0 Å². The molecule has 0 unspecified atom stereocenters. The van der Waals surface area contributed by atoms with E-state index in [4.69, 9.17) is 9.97 Å². The van der Waals surface area contributed by atoms with Crippen molar-refractivity contribution >= 4 is 0 Å². The first-order valence-electron chi connectivity index (χ1n) is 9.43. The molecule has 0 saturated heterocycles. The van der Waals surface area contributed by atoms with Gasteiger partial charge in [0.1, 0.15) is 5.82 Å². The molecule has 0 fully saturated rings. The minimum Gasteiger partial charge on any atom is -0.238 e. The third-order valence-electron chi connectivity index (χ3n) is 4.19. The average molecular weight is 304 g/mol. The highest BCUT2D eigenvalue weighted by Crippen LogP contribution is 2.20. The van der Waals surface area contributed by atoms with Crippen LogP contribution in [0.1, 0.15) is 94.9 Å². The first-order valence-corrected chi connectivity index (χ1v) is 9.43. The van der Waals surface area contributed by atoms with Gasteiger partial charge in [-0.3, -0.25) is 0 Å². The molecule has 1 aromatic rings. The lowest BCUT2D eigenvalue weighted by atomic mass is 9.98. The fourth-order valence-corrected chi connectivity index (χ4v) is 2.78. The van der Waals surface area contributed by atoms with Gasteiger partial charge in [-0.15, -0.1) is 0 Å². The standard InChI is InChI=1S/C20H35N2/c1-5-9-13-17-18(14-10-6-2)21-20(16-12-8-4)22-19(17)15-11-7-3/h4-16H2,1-3H3. The van der Waals surface area contributed by atoms with Gasteiger partial charge >= 0.3 is 0 Å². The quantitative estimate of drug-likeness (QED) is 0.498. The van der Waals surface area contributed by atoms with Crippen LogP contribution in [-0.2, 0) is 25.7 Å². The van der Waals surface area contributed by atoms with Crippen LogP contribution in [0.15, 0.2) is 0 Å². The Morgan fingerprint density at radius 3 is 1.64 bits per heavy atom. The second-order valence-corrected chi connectivity index (χ2v) is 6.28. The first kappa shape index (κ1) is 19.1. The first-order chi connectivity index (χ1) is 10.8. The number of nitrogens with zero attached hydrogens (tertiary/aromatic N) is 2. The molecule has 0 spiro atoms. The van der Waals surface area contributed by atoms with E-state index in [1.165, 1.54) is 55.5 Å². The largest absolute Gasteiger partial charge is 0.238 e. The predicted octanol–water partition coefficient (Wildman–Crippen LogP) is 5.66. The fraction of sp³-hybridized carbons (Fsp3) is 0.750. The van der Waals surface area contributed by atoms with E-state index < -0.39 is 0 Å². The summed E-state index contributed by atoms with van der Waals surface area (Å²) in [6.45, 7) is 10.7. The maximum Gasteiger partial charge on any atom is 0.128 e. The number of hydrogen-bond donors (Lipinski definition) is 0. The molecule has 0 N–H and O–H groups in total. The van der Waals surface area contributed by atoms with Gasteiger partial charge in [0.2, 0.25) is 0 Å². The monoisotopic (exact) mass is 303 g/mol. The summed E-state index contributed by atoms with van der Waals surface area (Å²) in [4.78, 5) is 9.86. The summed E-state index contributed by atoms with van der Waals surface area (Å²) < 4.78 is 0. The maximum atomic E-state index is 4.93. The van der Waals surface area contributed by atoms with Crippen LogP contribution < -0.4 is 0 Å². The predicted molar refractivity (Wildman–Crippen MR) is 96.2 cm³/mol. The molecule has 0 aliphatic rings. The van der Waals surface area contributed by atoms with Crippen LogP contribution in [0, 0.1) is 6.92 Å². The fourth-order valence-electron chi connectivity index (χ4n) is 2.78. The summed E-state index contributed by atoms with van der Waals surface area (Å²) in [5.74, 6) is 1.06. The van der Waals surface area contributed by atoms with Crippen molar-refractivity contribution in [3.63, 3.8) is 0 Å². The molecule has 0 atom stereocenters. The van der Waals surface area contributed by atoms with Gasteiger partial charge in [-0.05, 0) is 50.5 Å². The Morgan fingerprint density at radius 2 is 1.18 bits per heavy atom. The smallest absolute Gasteiger partial charge is 0.128 e. The highest BCUT2D eigenvalue weighted by molar-refractivity contribution is 5.27. The van der Waals surface area contributed by atoms with Gasteiger partial charge in [0.05, 0.1) is 0 Å². The summed E-state index contributed by atoms with van der Waals surface area (Å²) in [6.07, 6.45) is 13.9. The third kappa shape index (κ3) is 6.46. The molecule has 2 nitrogen and oxygen atoms in total. The second kappa shape index (κ2) is 11.6. The minimum atomic E-state index is 0.968. The van der Waals surface area contributed by atoms with Crippen molar-refractivity contribution in [3.8, 4) is 0 Å². The molecular weight excluding hydrogens is 268 g/mol. The van der Waals surface area contributed by atoms with Crippen LogP contribution in [-0.4, -0.2) is 9.97 Å². The number of aryl methyl sites for hydroxylation is 3. The summed E-state index contributed by atoms with van der Waals surface area (Å²) in [6, 6.07) is 0. The Bertz CT molecular complexity index is 383. The van der Waals surface area contributed by atoms with Crippen molar-refractivity contribution < 1.29 is 0 Å². The summed E-state index contributed by atoms with van der Waals surface area (Å²) in [5, 5.41) is 0. The summed E-state index contributed by atoms with van der Waals surface area (Å²) >= 11 is 0. The molecule has 0 saturated carbocycles. The summed E-state index contributed by atoms with van der Waals surface area (Å²) in [7, 11) is 0. The van der Waals surface area contributed by atoms with Crippen molar-refractivity contribution in [2.24, 2.45) is 0 Å². The zero-order chi connectivity index (χ0) is 16.2. The van der Waals surface area contributed by atoms with Crippen LogP contribution in [0.25, 0.3) is 0 Å². The van der Waals surface area contributed by atoms with Crippen molar-refractivity contribution in [3.05, 3.63) is 29.7 Å². The lowest BCUT2D eigenvalue weighted by Gasteiger charge is -2.15. The van der Waals surface area contributed by atoms with Gasteiger partial charge in [-0.2, -0.15) is 0 Å². The van der Waals surface area contributed by atoms with Gasteiger partial charge in [-0.1, -0.05) is 53.4 Å². The van der Waals surface area contributed by atoms with Gasteiger partial charge in [0, 0.05) is 17.8 Å². The van der Waals surface area contributed by atoms with Gasteiger partial charge in [-0.25, -0.2) is 9.97 Å². The van der Waals surface area contributed by atoms with Crippen molar-refractivity contribution in [1.29, 1.82) is 0 Å². The van der Waals surface area contributed by atoms with Crippen LogP contribution >= 0.6 is 0 Å². The van der Waals surface area contributed by atoms with Crippen molar-refractivity contribution in [1.82, 2.24) is 9.97 Å². The summed E-state index contributed by atoms with van der Waals surface area (Å²) in [5.41, 5.74) is 4.16. The molecule has 0 bridgehead atoms. The molecule has 1 rings (SSSR count). The Hall–Kier alpha value is -0.920. The topological polar surface area (TPSA) is 25.8 Å². The zero-order valence-electron chi connectivity index (χ0n) is 15.1. The van der Waals surface area contributed by atoms with Crippen LogP contribution in [0.5, 0.6) is 0 Å². The van der Waals surface area contributed by atoms with Crippen LogP contribution in [0.4, 0.5) is 0 Å². The number of rotatable bonds is 12. The van der Waals surface area contributed by atoms with Crippen molar-refractivity contribution in [2.75, 3.05) is 0 Å². The normalized spacial score (nSPS) is 11.1. The number of aromatic nitrogens is 2. The van der Waals surface area contributed by atoms with Gasteiger partial charge in [0.15, 0.2) is 0 Å². The highest BCUT2D eigenvalue weighted by atomic mass is 14.9. The molecule has 2 heteroatoms. The number of unbranched alkanes of at least 4 members (excludes halogenated alkanes) is 4. The molecule has 0 aliphatic heterocycles. The molecule has 125 valence electrons. The Balaban J connectivity index is 3.07. The van der Waals surface area contributed by atoms with Gasteiger partial charge < -0.3 is 0 Å². The lowest BCUT2D eigenvalue weighted by Crippen LogP contribution is -2.11. The number of hydrogen-bond acceptors (Lipinski definition) is 2. The van der Waals surface area contributed by atoms with E-state index in [2.05, 4.69) is 27.7 Å². The van der Waals surface area contributed by atoms with E-state index in [1.807, 2.05) is 0 Å². The van der Waals surface area contributed by atoms with E-state index >= 15 is 0 Å². The maximum absolute atomic E-state index is 4.93. The average Bonchev–Trinajstić information content (AvgIpc) is 2.54. The SMILES string of the molecule is [CH2]CCCc1nc(CCCC)c(CCCC)c(CCCC)n1. The van der Waals surface area contributed by atoms with Crippen molar-refractivity contribution in [2.45, 2.75) is 97.8 Å². The highest BCUT2D eigenvalue weighted by Gasteiger charge is 2.13. The second-order valence-electron chi connectivity index (χ2n) is 6.28.